The van der Waals surface area contributed by atoms with Crippen LogP contribution in [-0.4, -0.2) is 24.8 Å². The molecule has 0 unspecified atom stereocenters. The molecule has 0 aromatic heterocycles. The van der Waals surface area contributed by atoms with Crippen LogP contribution in [0.4, 0.5) is 10.5 Å². The second kappa shape index (κ2) is 8.68. The van der Waals surface area contributed by atoms with Crippen LogP contribution >= 0.6 is 0 Å². The summed E-state index contributed by atoms with van der Waals surface area (Å²) >= 11 is 0. The Bertz CT molecular complexity index is 432. The first-order valence-electron chi connectivity index (χ1n) is 6.06. The number of benzene rings is 1. The van der Waals surface area contributed by atoms with Gasteiger partial charge in [-0.05, 0) is 18.6 Å². The maximum absolute atomic E-state index is 11.4. The number of amides is 2. The number of carbonyl (C=O) groups excluding carboxylic acids is 2. The summed E-state index contributed by atoms with van der Waals surface area (Å²) in [5.74, 6) is -0.465. The molecule has 1 rings (SSSR count). The van der Waals surface area contributed by atoms with Crippen molar-refractivity contribution in [3.8, 4) is 0 Å². The molecule has 0 bridgehead atoms. The van der Waals surface area contributed by atoms with Gasteiger partial charge in [-0.1, -0.05) is 36.7 Å². The fraction of sp³-hybridized carbons (Fsp3) is 0.308. The number of anilines is 1. The normalized spacial score (nSPS) is 10.2. The van der Waals surface area contributed by atoms with Gasteiger partial charge < -0.3 is 10.6 Å². The van der Waals surface area contributed by atoms with Gasteiger partial charge in [-0.15, -0.1) is 0 Å². The van der Waals surface area contributed by atoms with Crippen molar-refractivity contribution >= 4 is 23.9 Å². The molecule has 1 aromatic carbocycles. The smallest absolute Gasteiger partial charge is 0.321 e. The third kappa shape index (κ3) is 6.82. The van der Waals surface area contributed by atoms with Crippen molar-refractivity contribution in [3.05, 3.63) is 30.3 Å². The summed E-state index contributed by atoms with van der Waals surface area (Å²) in [6, 6.07) is 8.91. The number of para-hydroxylation sites is 1. The van der Waals surface area contributed by atoms with Crippen LogP contribution < -0.4 is 10.6 Å². The summed E-state index contributed by atoms with van der Waals surface area (Å²) in [5.41, 5.74) is 0.645. The molecule has 0 heterocycles. The van der Waals surface area contributed by atoms with Crippen LogP contribution in [0.5, 0.6) is 0 Å². The number of rotatable bonds is 6. The summed E-state index contributed by atoms with van der Waals surface area (Å²) in [5, 5.41) is 8.37. The lowest BCUT2D eigenvalue weighted by Crippen LogP contribution is -2.24. The molecule has 0 aliphatic rings. The van der Waals surface area contributed by atoms with Gasteiger partial charge in [0, 0.05) is 12.2 Å². The maximum atomic E-state index is 11.4. The van der Waals surface area contributed by atoms with Crippen molar-refractivity contribution in [2.24, 2.45) is 5.16 Å². The summed E-state index contributed by atoms with van der Waals surface area (Å²) in [6.07, 6.45) is 2.08. The molecule has 0 saturated carbocycles. The van der Waals surface area contributed by atoms with Crippen LogP contribution in [0.15, 0.2) is 35.5 Å². The minimum Gasteiger partial charge on any atom is -0.321 e. The lowest BCUT2D eigenvalue weighted by Gasteiger charge is -2.01. The van der Waals surface area contributed by atoms with Gasteiger partial charge >= 0.3 is 6.09 Å². The number of carbonyl (C=O) groups is 2. The van der Waals surface area contributed by atoms with Crippen molar-refractivity contribution in [2.75, 3.05) is 11.9 Å². The quantitative estimate of drug-likeness (QED) is 0.357. The van der Waals surface area contributed by atoms with Gasteiger partial charge in [0.2, 0.25) is 0 Å². The first-order chi connectivity index (χ1) is 9.22. The minimum absolute atomic E-state index is 0.465. The molecule has 0 aliphatic heterocycles. The molecule has 0 saturated heterocycles. The molecule has 0 aliphatic carbocycles. The predicted molar refractivity (Wildman–Crippen MR) is 73.0 cm³/mol. The van der Waals surface area contributed by atoms with Gasteiger partial charge in [-0.3, -0.25) is 9.63 Å². The van der Waals surface area contributed by atoms with Crippen molar-refractivity contribution in [1.82, 2.24) is 5.32 Å². The summed E-state index contributed by atoms with van der Waals surface area (Å²) in [6.45, 7) is 2.54. The van der Waals surface area contributed by atoms with Gasteiger partial charge in [0.05, 0.1) is 0 Å². The zero-order chi connectivity index (χ0) is 13.9. The van der Waals surface area contributed by atoms with Crippen molar-refractivity contribution in [3.63, 3.8) is 0 Å². The lowest BCUT2D eigenvalue weighted by atomic mass is 10.3. The topological polar surface area (TPSA) is 79.8 Å². The molecule has 0 radical (unpaired) electrons. The largest absolute Gasteiger partial charge is 0.433 e. The Morgan fingerprint density at radius 2 is 2.05 bits per heavy atom. The van der Waals surface area contributed by atoms with Crippen LogP contribution in [0, 0.1) is 0 Å². The number of nitrogens with zero attached hydrogens (tertiary/aromatic N) is 1. The average Bonchev–Trinajstić information content (AvgIpc) is 2.40. The van der Waals surface area contributed by atoms with E-state index in [1.54, 1.807) is 24.3 Å². The average molecular weight is 263 g/mol. The Morgan fingerprint density at radius 3 is 2.74 bits per heavy atom. The molecular weight excluding hydrogens is 246 g/mol. The molecule has 0 atom stereocenters. The zero-order valence-corrected chi connectivity index (χ0v) is 10.8. The monoisotopic (exact) mass is 263 g/mol. The first-order valence-corrected chi connectivity index (χ1v) is 6.06. The van der Waals surface area contributed by atoms with E-state index in [0.29, 0.717) is 12.2 Å². The summed E-state index contributed by atoms with van der Waals surface area (Å²) < 4.78 is 0. The van der Waals surface area contributed by atoms with E-state index in [0.717, 1.165) is 19.1 Å². The number of hydrogen-bond acceptors (Lipinski definition) is 4. The zero-order valence-electron chi connectivity index (χ0n) is 10.8. The SMILES string of the molecule is CCCCNC(=O)O/N=C/C(=O)Nc1ccccc1. The Morgan fingerprint density at radius 1 is 1.32 bits per heavy atom. The van der Waals surface area contributed by atoms with Gasteiger partial charge in [0.15, 0.2) is 0 Å². The molecular formula is C13H17N3O3. The Hall–Kier alpha value is -2.37. The molecule has 1 aromatic rings. The van der Waals surface area contributed by atoms with Gasteiger partial charge in [0.1, 0.15) is 6.21 Å². The standard InChI is InChI=1S/C13H17N3O3/c1-2-3-9-14-13(18)19-15-10-12(17)16-11-7-5-4-6-8-11/h4-8,10H,2-3,9H2,1H3,(H,14,18)(H,16,17)/b15-10+. The highest BCUT2D eigenvalue weighted by molar-refractivity contribution is 6.31. The van der Waals surface area contributed by atoms with E-state index < -0.39 is 12.0 Å². The van der Waals surface area contributed by atoms with Crippen LogP contribution in [0.2, 0.25) is 0 Å². The first kappa shape index (κ1) is 14.7. The van der Waals surface area contributed by atoms with Crippen LogP contribution in [0.25, 0.3) is 0 Å². The molecule has 6 heteroatoms. The third-order valence-corrected chi connectivity index (χ3v) is 2.15. The van der Waals surface area contributed by atoms with E-state index in [1.807, 2.05) is 13.0 Å². The van der Waals surface area contributed by atoms with E-state index in [9.17, 15) is 9.59 Å². The number of nitrogens with one attached hydrogen (secondary N) is 2. The van der Waals surface area contributed by atoms with Gasteiger partial charge in [0.25, 0.3) is 5.91 Å². The van der Waals surface area contributed by atoms with E-state index in [1.165, 1.54) is 0 Å². The lowest BCUT2D eigenvalue weighted by molar-refractivity contribution is -0.110. The number of hydrogen-bond donors (Lipinski definition) is 2. The van der Waals surface area contributed by atoms with Crippen LogP contribution in [0.3, 0.4) is 0 Å². The fourth-order valence-corrected chi connectivity index (χ4v) is 1.22. The van der Waals surface area contributed by atoms with Crippen molar-refractivity contribution in [1.29, 1.82) is 0 Å². The predicted octanol–water partition coefficient (Wildman–Crippen LogP) is 2.14. The second-order valence-electron chi connectivity index (χ2n) is 3.75. The highest BCUT2D eigenvalue weighted by atomic mass is 16.7. The number of unbranched alkanes of at least 4 members (excludes halogenated alkanes) is 1. The molecule has 102 valence electrons. The van der Waals surface area contributed by atoms with Crippen LogP contribution in [0.1, 0.15) is 19.8 Å². The molecule has 2 N–H and O–H groups in total. The molecule has 6 nitrogen and oxygen atoms in total. The van der Waals surface area contributed by atoms with Crippen molar-refractivity contribution in [2.45, 2.75) is 19.8 Å². The molecule has 2 amide bonds. The highest BCUT2D eigenvalue weighted by Crippen LogP contribution is 2.03. The molecule has 0 fully saturated rings. The highest BCUT2D eigenvalue weighted by Gasteiger charge is 2.01. The number of oxime groups is 1. The van der Waals surface area contributed by atoms with Gasteiger partial charge in [-0.25, -0.2) is 4.79 Å². The molecule has 19 heavy (non-hydrogen) atoms. The Balaban J connectivity index is 2.25. The van der Waals surface area contributed by atoms with Gasteiger partial charge in [-0.2, -0.15) is 0 Å². The summed E-state index contributed by atoms with van der Waals surface area (Å²) in [7, 11) is 0. The Kier molecular flexibility index (Phi) is 6.71. The third-order valence-electron chi connectivity index (χ3n) is 2.15. The van der Waals surface area contributed by atoms with E-state index in [2.05, 4.69) is 20.6 Å². The molecule has 0 spiro atoms. The fourth-order valence-electron chi connectivity index (χ4n) is 1.22. The van der Waals surface area contributed by atoms with Crippen LogP contribution in [-0.2, 0) is 9.63 Å². The van der Waals surface area contributed by atoms with Crippen molar-refractivity contribution < 1.29 is 14.4 Å². The minimum atomic E-state index is -0.669. The summed E-state index contributed by atoms with van der Waals surface area (Å²) in [4.78, 5) is 26.9. The van der Waals surface area contributed by atoms with E-state index in [-0.39, 0.29) is 0 Å². The van der Waals surface area contributed by atoms with E-state index in [4.69, 9.17) is 0 Å². The van der Waals surface area contributed by atoms with E-state index >= 15 is 0 Å². The maximum Gasteiger partial charge on any atom is 0.433 e. The second-order valence-corrected chi connectivity index (χ2v) is 3.75. The Labute approximate surface area is 111 Å².